The fourth-order valence-corrected chi connectivity index (χ4v) is 2.62. The summed E-state index contributed by atoms with van der Waals surface area (Å²) in [6.45, 7) is 0. The van der Waals surface area contributed by atoms with Crippen LogP contribution in [0.2, 0.25) is 5.02 Å². The van der Waals surface area contributed by atoms with Gasteiger partial charge in [-0.15, -0.1) is 0 Å². The molecule has 0 atom stereocenters. The van der Waals surface area contributed by atoms with Gasteiger partial charge in [0.2, 0.25) is 0 Å². The van der Waals surface area contributed by atoms with E-state index in [4.69, 9.17) is 11.6 Å². The summed E-state index contributed by atoms with van der Waals surface area (Å²) in [5.74, 6) is 0. The smallest absolute Gasteiger partial charge is 0.166 e. The van der Waals surface area contributed by atoms with Crippen LogP contribution in [0.5, 0.6) is 0 Å². The Labute approximate surface area is 134 Å². The minimum absolute atomic E-state index is 0.0698. The first-order valence-corrected chi connectivity index (χ1v) is 6.90. The number of halogens is 8. The minimum atomic E-state index is -4.57. The highest BCUT2D eigenvalue weighted by Crippen LogP contribution is 2.39. The molecule has 0 radical (unpaired) electrons. The highest BCUT2D eigenvalue weighted by Gasteiger charge is 2.32. The summed E-state index contributed by atoms with van der Waals surface area (Å²) in [6, 6.07) is 5.57. The molecule has 0 fully saturated rings. The van der Waals surface area contributed by atoms with Gasteiger partial charge in [0, 0.05) is 15.1 Å². The van der Waals surface area contributed by atoms with Gasteiger partial charge in [0.05, 0.1) is 11.1 Å². The lowest BCUT2D eigenvalue weighted by Crippen LogP contribution is -2.06. The van der Waals surface area contributed by atoms with Gasteiger partial charge in [-0.2, -0.15) is 26.3 Å². The van der Waals surface area contributed by atoms with Crippen molar-refractivity contribution in [2.45, 2.75) is 12.4 Å². The van der Waals surface area contributed by atoms with E-state index in [1.54, 1.807) is 0 Å². The predicted molar refractivity (Wildman–Crippen MR) is 74.6 cm³/mol. The fourth-order valence-electron chi connectivity index (χ4n) is 1.83. The molecule has 0 unspecified atom stereocenters. The molecule has 8 heteroatoms. The molecule has 2 aromatic carbocycles. The second kappa shape index (κ2) is 5.77. The van der Waals surface area contributed by atoms with Crippen molar-refractivity contribution in [3.05, 3.63) is 57.0 Å². The Morgan fingerprint density at radius 3 is 1.86 bits per heavy atom. The monoisotopic (exact) mass is 402 g/mol. The lowest BCUT2D eigenvalue weighted by molar-refractivity contribution is -0.138. The molecule has 2 rings (SSSR count). The quantitative estimate of drug-likeness (QED) is 0.459. The van der Waals surface area contributed by atoms with Gasteiger partial charge in [0.15, 0.2) is 0 Å². The molecule has 0 aromatic heterocycles. The molecule has 0 aliphatic rings. The molecule has 0 N–H and O–H groups in total. The summed E-state index contributed by atoms with van der Waals surface area (Å²) in [5.41, 5.74) is -1.73. The van der Waals surface area contributed by atoms with Gasteiger partial charge in [0.25, 0.3) is 0 Å². The van der Waals surface area contributed by atoms with Crippen molar-refractivity contribution in [1.29, 1.82) is 0 Å². The number of benzene rings is 2. The molecule has 0 nitrogen and oxygen atoms in total. The minimum Gasteiger partial charge on any atom is -0.166 e. The van der Waals surface area contributed by atoms with Gasteiger partial charge in [-0.3, -0.25) is 0 Å². The van der Waals surface area contributed by atoms with E-state index in [9.17, 15) is 26.3 Å². The zero-order chi connectivity index (χ0) is 16.7. The van der Waals surface area contributed by atoms with Crippen LogP contribution in [-0.2, 0) is 12.4 Å². The Morgan fingerprint density at radius 1 is 0.773 bits per heavy atom. The Hall–Kier alpha value is -1.21. The SMILES string of the molecule is FC(F)(F)c1cc(Br)cc(-c2ccc(C(F)(F)F)cc2Cl)c1. The summed E-state index contributed by atoms with van der Waals surface area (Å²) in [5, 5.41) is -0.277. The van der Waals surface area contributed by atoms with Gasteiger partial charge in [-0.25, -0.2) is 0 Å². The average molecular weight is 404 g/mol. The van der Waals surface area contributed by atoms with Crippen LogP contribution in [0, 0.1) is 0 Å². The molecule has 0 aliphatic heterocycles. The van der Waals surface area contributed by atoms with Crippen molar-refractivity contribution in [2.24, 2.45) is 0 Å². The maximum atomic E-state index is 12.8. The molecule has 0 aliphatic carbocycles. The van der Waals surface area contributed by atoms with E-state index in [0.717, 1.165) is 24.3 Å². The summed E-state index contributed by atoms with van der Waals surface area (Å²) in [4.78, 5) is 0. The van der Waals surface area contributed by atoms with Gasteiger partial charge in [0.1, 0.15) is 0 Å². The zero-order valence-electron chi connectivity index (χ0n) is 10.5. The Bertz CT molecular complexity index is 705. The summed E-state index contributed by atoms with van der Waals surface area (Å²) in [7, 11) is 0. The number of hydrogen-bond acceptors (Lipinski definition) is 0. The molecule has 2 aromatic rings. The number of hydrogen-bond donors (Lipinski definition) is 0. The number of rotatable bonds is 1. The van der Waals surface area contributed by atoms with E-state index in [1.165, 1.54) is 6.07 Å². The first-order valence-electron chi connectivity index (χ1n) is 5.73. The Balaban J connectivity index is 2.55. The topological polar surface area (TPSA) is 0 Å². The maximum Gasteiger partial charge on any atom is 0.416 e. The van der Waals surface area contributed by atoms with Gasteiger partial charge in [-0.1, -0.05) is 33.6 Å². The van der Waals surface area contributed by atoms with Crippen molar-refractivity contribution in [3.8, 4) is 11.1 Å². The number of alkyl halides is 6. The first-order chi connectivity index (χ1) is 9.98. The fraction of sp³-hybridized carbons (Fsp3) is 0.143. The molecule has 118 valence electrons. The molecular formula is C14H6BrClF6. The molecule has 0 heterocycles. The molecule has 0 spiro atoms. The molecule has 0 saturated heterocycles. The van der Waals surface area contributed by atoms with Crippen molar-refractivity contribution in [2.75, 3.05) is 0 Å². The van der Waals surface area contributed by atoms with E-state index in [2.05, 4.69) is 15.9 Å². The largest absolute Gasteiger partial charge is 0.416 e. The maximum absolute atomic E-state index is 12.8. The molecule has 0 saturated carbocycles. The second-order valence-corrected chi connectivity index (χ2v) is 5.74. The summed E-state index contributed by atoms with van der Waals surface area (Å²) in [6.07, 6.45) is -9.15. The first kappa shape index (κ1) is 17.1. The molecule has 0 bridgehead atoms. The lowest BCUT2D eigenvalue weighted by Gasteiger charge is -2.13. The highest BCUT2D eigenvalue weighted by molar-refractivity contribution is 9.10. The van der Waals surface area contributed by atoms with Crippen LogP contribution in [0.4, 0.5) is 26.3 Å². The van der Waals surface area contributed by atoms with Crippen LogP contribution in [0.25, 0.3) is 11.1 Å². The lowest BCUT2D eigenvalue weighted by atomic mass is 10.0. The van der Waals surface area contributed by atoms with E-state index in [1.807, 2.05) is 0 Å². The van der Waals surface area contributed by atoms with E-state index in [0.29, 0.717) is 6.07 Å². The van der Waals surface area contributed by atoms with E-state index < -0.39 is 23.5 Å². The van der Waals surface area contributed by atoms with Crippen LogP contribution >= 0.6 is 27.5 Å². The highest BCUT2D eigenvalue weighted by atomic mass is 79.9. The van der Waals surface area contributed by atoms with Crippen molar-refractivity contribution < 1.29 is 26.3 Å². The van der Waals surface area contributed by atoms with Crippen LogP contribution in [0.3, 0.4) is 0 Å². The summed E-state index contributed by atoms with van der Waals surface area (Å²) >= 11 is 8.74. The molecule has 22 heavy (non-hydrogen) atoms. The second-order valence-electron chi connectivity index (χ2n) is 4.42. The Kier molecular flexibility index (Phi) is 4.50. The normalized spacial score (nSPS) is 12.5. The van der Waals surface area contributed by atoms with Crippen LogP contribution in [-0.4, -0.2) is 0 Å². The third kappa shape index (κ3) is 3.76. The summed E-state index contributed by atoms with van der Waals surface area (Å²) < 4.78 is 76.2. The standard InChI is InChI=1S/C14H6BrClF6/c15-10-4-7(3-9(5-10)14(20,21)22)11-2-1-8(6-12(11)16)13(17,18)19/h1-6H. The zero-order valence-corrected chi connectivity index (χ0v) is 12.8. The molecular weight excluding hydrogens is 397 g/mol. The third-order valence-corrected chi connectivity index (χ3v) is 3.60. The van der Waals surface area contributed by atoms with Crippen LogP contribution in [0.15, 0.2) is 40.9 Å². The van der Waals surface area contributed by atoms with Gasteiger partial charge in [-0.05, 0) is 35.9 Å². The van der Waals surface area contributed by atoms with Crippen LogP contribution < -0.4 is 0 Å². The van der Waals surface area contributed by atoms with Crippen molar-refractivity contribution >= 4 is 27.5 Å². The van der Waals surface area contributed by atoms with Gasteiger partial charge < -0.3 is 0 Å². The van der Waals surface area contributed by atoms with Crippen LogP contribution in [0.1, 0.15) is 11.1 Å². The van der Waals surface area contributed by atoms with E-state index in [-0.39, 0.29) is 20.6 Å². The third-order valence-electron chi connectivity index (χ3n) is 2.83. The van der Waals surface area contributed by atoms with E-state index >= 15 is 0 Å². The van der Waals surface area contributed by atoms with Crippen molar-refractivity contribution in [3.63, 3.8) is 0 Å². The van der Waals surface area contributed by atoms with Gasteiger partial charge >= 0.3 is 12.4 Å². The Morgan fingerprint density at radius 2 is 1.36 bits per heavy atom. The predicted octanol–water partition coefficient (Wildman–Crippen LogP) is 6.81. The molecule has 0 amide bonds. The average Bonchev–Trinajstić information content (AvgIpc) is 2.35. The van der Waals surface area contributed by atoms with Crippen molar-refractivity contribution in [1.82, 2.24) is 0 Å².